The summed E-state index contributed by atoms with van der Waals surface area (Å²) in [5.41, 5.74) is 5.83. The molecule has 6 heteroatoms. The van der Waals surface area contributed by atoms with Crippen molar-refractivity contribution >= 4 is 28.3 Å². The summed E-state index contributed by atoms with van der Waals surface area (Å²) >= 11 is 3.15. The molecule has 0 saturated carbocycles. The fourth-order valence-corrected chi connectivity index (χ4v) is 1.50. The van der Waals surface area contributed by atoms with Gasteiger partial charge in [-0.15, -0.1) is 12.4 Å². The van der Waals surface area contributed by atoms with Crippen molar-refractivity contribution in [3.05, 3.63) is 28.2 Å². The number of rotatable bonds is 3. The van der Waals surface area contributed by atoms with E-state index in [1.807, 2.05) is 0 Å². The summed E-state index contributed by atoms with van der Waals surface area (Å²) in [5, 5.41) is 9.42. The summed E-state index contributed by atoms with van der Waals surface area (Å²) in [5.74, 6) is -0.0625. The number of phenolic OH excluding ortho intramolecular Hbond substituents is 1. The molecule has 0 unspecified atom stereocenters. The first-order valence-corrected chi connectivity index (χ1v) is 4.82. The summed E-state index contributed by atoms with van der Waals surface area (Å²) in [6.07, 6.45) is -2.91. The number of hydrogen-bond donors (Lipinski definition) is 2. The number of benzene rings is 1. The monoisotopic (exact) mass is 301 g/mol. The van der Waals surface area contributed by atoms with E-state index in [9.17, 15) is 13.9 Å². The number of alkyl halides is 2. The van der Waals surface area contributed by atoms with Crippen molar-refractivity contribution in [2.45, 2.75) is 18.9 Å². The Kier molecular flexibility index (Phi) is 6.09. The molecule has 0 amide bonds. The average molecular weight is 303 g/mol. The van der Waals surface area contributed by atoms with Gasteiger partial charge in [0, 0.05) is 22.5 Å². The van der Waals surface area contributed by atoms with Gasteiger partial charge in [0.1, 0.15) is 5.75 Å². The normalized spacial score (nSPS) is 12.3. The van der Waals surface area contributed by atoms with Crippen LogP contribution in [0.3, 0.4) is 0 Å². The van der Waals surface area contributed by atoms with Gasteiger partial charge in [-0.2, -0.15) is 0 Å². The Morgan fingerprint density at radius 3 is 2.47 bits per heavy atom. The van der Waals surface area contributed by atoms with Crippen LogP contribution in [0.5, 0.6) is 5.75 Å². The highest BCUT2D eigenvalue weighted by atomic mass is 79.9. The van der Waals surface area contributed by atoms with Gasteiger partial charge in [-0.3, -0.25) is 0 Å². The van der Waals surface area contributed by atoms with Crippen molar-refractivity contribution in [1.29, 1.82) is 0 Å². The SMILES string of the molecule is Cl.N[C@H](CC(F)F)c1ccc(Br)cc1O. The largest absolute Gasteiger partial charge is 0.508 e. The maximum Gasteiger partial charge on any atom is 0.240 e. The van der Waals surface area contributed by atoms with Crippen LogP contribution in [0.1, 0.15) is 18.0 Å². The molecule has 86 valence electrons. The average Bonchev–Trinajstić information content (AvgIpc) is 2.01. The zero-order valence-corrected chi connectivity index (χ0v) is 10.1. The lowest BCUT2D eigenvalue weighted by molar-refractivity contribution is 0.128. The van der Waals surface area contributed by atoms with Crippen LogP contribution in [-0.4, -0.2) is 11.5 Å². The number of nitrogens with two attached hydrogens (primary N) is 1. The summed E-state index contributed by atoms with van der Waals surface area (Å²) < 4.78 is 24.7. The minimum Gasteiger partial charge on any atom is -0.508 e. The van der Waals surface area contributed by atoms with Gasteiger partial charge in [0.05, 0.1) is 0 Å². The van der Waals surface area contributed by atoms with Gasteiger partial charge in [-0.25, -0.2) is 8.78 Å². The fraction of sp³-hybridized carbons (Fsp3) is 0.333. The number of aromatic hydroxyl groups is 1. The van der Waals surface area contributed by atoms with Crippen molar-refractivity contribution < 1.29 is 13.9 Å². The van der Waals surface area contributed by atoms with E-state index < -0.39 is 18.9 Å². The van der Waals surface area contributed by atoms with Crippen LogP contribution in [0, 0.1) is 0 Å². The van der Waals surface area contributed by atoms with Crippen LogP contribution < -0.4 is 5.73 Å². The molecule has 3 N–H and O–H groups in total. The van der Waals surface area contributed by atoms with Crippen LogP contribution in [0.2, 0.25) is 0 Å². The molecule has 0 aromatic heterocycles. The zero-order chi connectivity index (χ0) is 10.7. The maximum atomic E-state index is 12.0. The van der Waals surface area contributed by atoms with Crippen LogP contribution in [0.25, 0.3) is 0 Å². The predicted octanol–water partition coefficient (Wildman–Crippen LogP) is 3.23. The third-order valence-corrected chi connectivity index (χ3v) is 2.32. The first-order valence-electron chi connectivity index (χ1n) is 4.03. The Morgan fingerprint density at radius 1 is 1.40 bits per heavy atom. The summed E-state index contributed by atoms with van der Waals surface area (Å²) in [6.45, 7) is 0. The Morgan fingerprint density at radius 2 is 2.00 bits per heavy atom. The van der Waals surface area contributed by atoms with Crippen molar-refractivity contribution in [2.24, 2.45) is 5.73 Å². The lowest BCUT2D eigenvalue weighted by Gasteiger charge is -2.12. The Labute approximate surface area is 101 Å². The molecule has 0 saturated heterocycles. The van der Waals surface area contributed by atoms with Crippen LogP contribution in [-0.2, 0) is 0 Å². The molecular formula is C9H11BrClF2NO. The summed E-state index contributed by atoms with van der Waals surface area (Å²) in [7, 11) is 0. The Balaban J connectivity index is 0.00000196. The predicted molar refractivity (Wildman–Crippen MR) is 60.6 cm³/mol. The molecule has 15 heavy (non-hydrogen) atoms. The molecule has 0 heterocycles. The highest BCUT2D eigenvalue weighted by Gasteiger charge is 2.15. The summed E-state index contributed by atoms with van der Waals surface area (Å²) in [4.78, 5) is 0. The van der Waals surface area contributed by atoms with E-state index in [0.29, 0.717) is 10.0 Å². The van der Waals surface area contributed by atoms with E-state index in [1.54, 1.807) is 6.07 Å². The standard InChI is InChI=1S/C9H10BrF2NO.ClH/c10-5-1-2-6(8(14)3-5)7(13)4-9(11)12;/h1-3,7,9,14H,4,13H2;1H/t7-;/m1./s1. The molecule has 0 bridgehead atoms. The maximum absolute atomic E-state index is 12.0. The lowest BCUT2D eigenvalue weighted by Crippen LogP contribution is -2.14. The molecule has 1 atom stereocenters. The van der Waals surface area contributed by atoms with Gasteiger partial charge < -0.3 is 10.8 Å². The van der Waals surface area contributed by atoms with Crippen LogP contribution in [0.15, 0.2) is 22.7 Å². The van der Waals surface area contributed by atoms with Gasteiger partial charge in [0.2, 0.25) is 6.43 Å². The molecule has 0 aliphatic heterocycles. The van der Waals surface area contributed by atoms with E-state index in [4.69, 9.17) is 5.73 Å². The quantitative estimate of drug-likeness (QED) is 0.900. The molecule has 0 aliphatic carbocycles. The molecule has 1 rings (SSSR count). The number of phenols is 1. The first-order chi connectivity index (χ1) is 6.50. The third-order valence-electron chi connectivity index (χ3n) is 1.82. The van der Waals surface area contributed by atoms with E-state index in [0.717, 1.165) is 0 Å². The van der Waals surface area contributed by atoms with Crippen molar-refractivity contribution in [3.8, 4) is 5.75 Å². The molecule has 2 nitrogen and oxygen atoms in total. The molecule has 0 radical (unpaired) electrons. The van der Waals surface area contributed by atoms with E-state index >= 15 is 0 Å². The van der Waals surface area contributed by atoms with Gasteiger partial charge in [-0.1, -0.05) is 22.0 Å². The topological polar surface area (TPSA) is 46.2 Å². The molecule has 1 aromatic rings. The zero-order valence-electron chi connectivity index (χ0n) is 7.66. The Hall–Kier alpha value is -0.390. The smallest absolute Gasteiger partial charge is 0.240 e. The highest BCUT2D eigenvalue weighted by Crippen LogP contribution is 2.29. The van der Waals surface area contributed by atoms with Crippen molar-refractivity contribution in [2.75, 3.05) is 0 Å². The minimum atomic E-state index is -2.46. The van der Waals surface area contributed by atoms with Crippen LogP contribution >= 0.6 is 28.3 Å². The second kappa shape index (κ2) is 6.25. The second-order valence-electron chi connectivity index (χ2n) is 2.94. The van der Waals surface area contributed by atoms with Gasteiger partial charge in [0.25, 0.3) is 0 Å². The minimum absolute atomic E-state index is 0. The third kappa shape index (κ3) is 4.32. The number of hydrogen-bond acceptors (Lipinski definition) is 2. The molecule has 1 aromatic carbocycles. The van der Waals surface area contributed by atoms with Crippen molar-refractivity contribution in [1.82, 2.24) is 0 Å². The van der Waals surface area contributed by atoms with Gasteiger partial charge in [-0.05, 0) is 12.1 Å². The highest BCUT2D eigenvalue weighted by molar-refractivity contribution is 9.10. The van der Waals surface area contributed by atoms with E-state index in [-0.39, 0.29) is 18.2 Å². The summed E-state index contributed by atoms with van der Waals surface area (Å²) in [6, 6.07) is 3.79. The lowest BCUT2D eigenvalue weighted by atomic mass is 10.0. The number of halogens is 4. The van der Waals surface area contributed by atoms with Gasteiger partial charge >= 0.3 is 0 Å². The fourth-order valence-electron chi connectivity index (χ4n) is 1.15. The van der Waals surface area contributed by atoms with Gasteiger partial charge in [0.15, 0.2) is 0 Å². The molecular weight excluding hydrogens is 291 g/mol. The van der Waals surface area contributed by atoms with E-state index in [1.165, 1.54) is 12.1 Å². The molecule has 0 spiro atoms. The van der Waals surface area contributed by atoms with E-state index in [2.05, 4.69) is 15.9 Å². The molecule has 0 aliphatic rings. The van der Waals surface area contributed by atoms with Crippen LogP contribution in [0.4, 0.5) is 8.78 Å². The van der Waals surface area contributed by atoms with Crippen molar-refractivity contribution in [3.63, 3.8) is 0 Å². The molecule has 0 fully saturated rings. The Bertz CT molecular complexity index is 325. The first kappa shape index (κ1) is 14.6. The second-order valence-corrected chi connectivity index (χ2v) is 3.85.